The zero-order chi connectivity index (χ0) is 18.4. The first kappa shape index (κ1) is 17.4. The molecule has 1 aromatic heterocycles. The minimum Gasteiger partial charge on any atom is -0.465 e. The van der Waals surface area contributed by atoms with Gasteiger partial charge in [-0.2, -0.15) is 4.98 Å². The summed E-state index contributed by atoms with van der Waals surface area (Å²) in [6.07, 6.45) is 1.72. The summed E-state index contributed by atoms with van der Waals surface area (Å²) < 4.78 is 4.70. The number of methoxy groups -OCH3 is 1. The normalized spacial score (nSPS) is 10.2. The van der Waals surface area contributed by atoms with E-state index in [1.54, 1.807) is 30.5 Å². The van der Waals surface area contributed by atoms with Crippen LogP contribution in [0.25, 0.3) is 0 Å². The van der Waals surface area contributed by atoms with Gasteiger partial charge in [-0.1, -0.05) is 30.3 Å². The first-order valence-electron chi connectivity index (χ1n) is 8.19. The maximum absolute atomic E-state index is 11.5. The van der Waals surface area contributed by atoms with Crippen LogP contribution in [0.15, 0.2) is 66.9 Å². The Morgan fingerprint density at radius 3 is 2.50 bits per heavy atom. The van der Waals surface area contributed by atoms with E-state index in [0.29, 0.717) is 11.5 Å². The standard InChI is InChI=1S/C20H20N4O2/c1-24(14-15-6-4-3-5-7-15)18-12-13-21-20(23-18)22-17-10-8-16(9-11-17)19(25)26-2/h3-13H,14H2,1-2H3,(H,21,22,23). The first-order valence-corrected chi connectivity index (χ1v) is 8.19. The summed E-state index contributed by atoms with van der Waals surface area (Å²) in [5.41, 5.74) is 2.50. The number of esters is 1. The van der Waals surface area contributed by atoms with Gasteiger partial charge in [0, 0.05) is 25.5 Å². The molecule has 6 nitrogen and oxygen atoms in total. The Labute approximate surface area is 152 Å². The fourth-order valence-electron chi connectivity index (χ4n) is 2.50. The maximum Gasteiger partial charge on any atom is 0.337 e. The zero-order valence-corrected chi connectivity index (χ0v) is 14.7. The molecule has 0 bridgehead atoms. The summed E-state index contributed by atoms with van der Waals surface area (Å²) in [5, 5.41) is 3.15. The minimum atomic E-state index is -0.364. The quantitative estimate of drug-likeness (QED) is 0.686. The molecule has 0 atom stereocenters. The van der Waals surface area contributed by atoms with Crippen molar-refractivity contribution in [1.82, 2.24) is 9.97 Å². The summed E-state index contributed by atoms with van der Waals surface area (Å²) in [6, 6.07) is 19.0. The van der Waals surface area contributed by atoms with E-state index in [-0.39, 0.29) is 5.97 Å². The van der Waals surface area contributed by atoms with Gasteiger partial charge < -0.3 is 15.0 Å². The molecule has 6 heteroatoms. The van der Waals surface area contributed by atoms with E-state index in [9.17, 15) is 4.79 Å². The summed E-state index contributed by atoms with van der Waals surface area (Å²) >= 11 is 0. The molecule has 132 valence electrons. The fraction of sp³-hybridized carbons (Fsp3) is 0.150. The van der Waals surface area contributed by atoms with Crippen molar-refractivity contribution in [3.05, 3.63) is 78.0 Å². The second-order valence-electron chi connectivity index (χ2n) is 5.77. The Hall–Kier alpha value is -3.41. The van der Waals surface area contributed by atoms with Crippen LogP contribution in [0.3, 0.4) is 0 Å². The molecule has 3 rings (SSSR count). The molecule has 0 saturated heterocycles. The summed E-state index contributed by atoms with van der Waals surface area (Å²) in [7, 11) is 3.35. The predicted molar refractivity (Wildman–Crippen MR) is 102 cm³/mol. The summed E-state index contributed by atoms with van der Waals surface area (Å²) in [5.74, 6) is 0.947. The molecule has 0 fully saturated rings. The lowest BCUT2D eigenvalue weighted by atomic mass is 10.2. The van der Waals surface area contributed by atoms with Gasteiger partial charge in [0.15, 0.2) is 0 Å². The highest BCUT2D eigenvalue weighted by Gasteiger charge is 2.07. The van der Waals surface area contributed by atoms with Gasteiger partial charge in [-0.3, -0.25) is 0 Å². The third-order valence-corrected chi connectivity index (χ3v) is 3.86. The van der Waals surface area contributed by atoms with Crippen molar-refractivity contribution in [2.45, 2.75) is 6.54 Å². The van der Waals surface area contributed by atoms with E-state index in [1.165, 1.54) is 12.7 Å². The van der Waals surface area contributed by atoms with Crippen molar-refractivity contribution in [3.63, 3.8) is 0 Å². The van der Waals surface area contributed by atoms with Crippen LogP contribution < -0.4 is 10.2 Å². The molecule has 0 aliphatic carbocycles. The molecule has 1 N–H and O–H groups in total. The Balaban J connectivity index is 1.70. The number of benzene rings is 2. The highest BCUT2D eigenvalue weighted by atomic mass is 16.5. The molecule has 2 aromatic carbocycles. The average molecular weight is 348 g/mol. The number of ether oxygens (including phenoxy) is 1. The smallest absolute Gasteiger partial charge is 0.337 e. The molecule has 1 heterocycles. The second kappa shape index (κ2) is 8.11. The minimum absolute atomic E-state index is 0.364. The van der Waals surface area contributed by atoms with Crippen LogP contribution in [-0.4, -0.2) is 30.1 Å². The maximum atomic E-state index is 11.5. The van der Waals surface area contributed by atoms with Crippen LogP contribution in [0.2, 0.25) is 0 Å². The fourth-order valence-corrected chi connectivity index (χ4v) is 2.50. The Morgan fingerprint density at radius 2 is 1.81 bits per heavy atom. The predicted octanol–water partition coefficient (Wildman–Crippen LogP) is 3.64. The SMILES string of the molecule is COC(=O)c1ccc(Nc2nccc(N(C)Cc3ccccc3)n2)cc1. The van der Waals surface area contributed by atoms with Gasteiger partial charge in [0.1, 0.15) is 5.82 Å². The molecule has 0 amide bonds. The number of hydrogen-bond donors (Lipinski definition) is 1. The third-order valence-electron chi connectivity index (χ3n) is 3.86. The molecule has 3 aromatic rings. The highest BCUT2D eigenvalue weighted by molar-refractivity contribution is 5.89. The van der Waals surface area contributed by atoms with Crippen molar-refractivity contribution in [1.29, 1.82) is 0 Å². The third kappa shape index (κ3) is 4.36. The van der Waals surface area contributed by atoms with Crippen molar-refractivity contribution in [2.75, 3.05) is 24.4 Å². The van der Waals surface area contributed by atoms with Gasteiger partial charge in [0.25, 0.3) is 0 Å². The molecule has 26 heavy (non-hydrogen) atoms. The van der Waals surface area contributed by atoms with Gasteiger partial charge in [-0.15, -0.1) is 0 Å². The van der Waals surface area contributed by atoms with Crippen LogP contribution >= 0.6 is 0 Å². The van der Waals surface area contributed by atoms with Crippen LogP contribution in [0.5, 0.6) is 0 Å². The Morgan fingerprint density at radius 1 is 1.08 bits per heavy atom. The number of anilines is 3. The molecule has 0 aliphatic rings. The van der Waals surface area contributed by atoms with Crippen LogP contribution in [0.1, 0.15) is 15.9 Å². The highest BCUT2D eigenvalue weighted by Crippen LogP contribution is 2.18. The van der Waals surface area contributed by atoms with E-state index in [2.05, 4.69) is 32.3 Å². The van der Waals surface area contributed by atoms with Crippen LogP contribution in [-0.2, 0) is 11.3 Å². The van der Waals surface area contributed by atoms with E-state index in [4.69, 9.17) is 4.74 Å². The largest absolute Gasteiger partial charge is 0.465 e. The lowest BCUT2D eigenvalue weighted by Crippen LogP contribution is -2.18. The Kier molecular flexibility index (Phi) is 5.43. The second-order valence-corrected chi connectivity index (χ2v) is 5.77. The van der Waals surface area contributed by atoms with Crippen molar-refractivity contribution in [2.24, 2.45) is 0 Å². The number of nitrogens with one attached hydrogen (secondary N) is 1. The van der Waals surface area contributed by atoms with E-state index in [0.717, 1.165) is 18.1 Å². The van der Waals surface area contributed by atoms with Gasteiger partial charge in [-0.25, -0.2) is 9.78 Å². The van der Waals surface area contributed by atoms with Crippen LogP contribution in [0, 0.1) is 0 Å². The van der Waals surface area contributed by atoms with Gasteiger partial charge in [0.05, 0.1) is 12.7 Å². The summed E-state index contributed by atoms with van der Waals surface area (Å²) in [4.78, 5) is 22.3. The number of rotatable bonds is 6. The topological polar surface area (TPSA) is 67.3 Å². The number of nitrogens with zero attached hydrogens (tertiary/aromatic N) is 3. The van der Waals surface area contributed by atoms with Crippen molar-refractivity contribution in [3.8, 4) is 0 Å². The molecular weight excluding hydrogens is 328 g/mol. The monoisotopic (exact) mass is 348 g/mol. The van der Waals surface area contributed by atoms with Gasteiger partial charge in [-0.05, 0) is 35.9 Å². The zero-order valence-electron chi connectivity index (χ0n) is 14.7. The molecule has 0 radical (unpaired) electrons. The number of hydrogen-bond acceptors (Lipinski definition) is 6. The summed E-state index contributed by atoms with van der Waals surface area (Å²) in [6.45, 7) is 0.755. The van der Waals surface area contributed by atoms with Crippen molar-refractivity contribution >= 4 is 23.4 Å². The average Bonchev–Trinajstić information content (AvgIpc) is 2.69. The van der Waals surface area contributed by atoms with E-state index < -0.39 is 0 Å². The molecular formula is C20H20N4O2. The molecule has 0 unspecified atom stereocenters. The Bertz CT molecular complexity index is 866. The lowest BCUT2D eigenvalue weighted by Gasteiger charge is -2.18. The van der Waals surface area contributed by atoms with Gasteiger partial charge in [0.2, 0.25) is 5.95 Å². The number of aromatic nitrogens is 2. The number of carbonyl (C=O) groups excluding carboxylic acids is 1. The van der Waals surface area contributed by atoms with E-state index in [1.807, 2.05) is 31.3 Å². The number of carbonyl (C=O) groups is 1. The molecule has 0 saturated carbocycles. The molecule has 0 aliphatic heterocycles. The molecule has 0 spiro atoms. The first-order chi connectivity index (χ1) is 12.7. The van der Waals surface area contributed by atoms with Crippen LogP contribution in [0.4, 0.5) is 17.5 Å². The van der Waals surface area contributed by atoms with Gasteiger partial charge >= 0.3 is 5.97 Å². The van der Waals surface area contributed by atoms with Crippen molar-refractivity contribution < 1.29 is 9.53 Å². The van der Waals surface area contributed by atoms with E-state index >= 15 is 0 Å². The lowest BCUT2D eigenvalue weighted by molar-refractivity contribution is 0.0601.